The van der Waals surface area contributed by atoms with E-state index in [-0.39, 0.29) is 18.3 Å². The first-order chi connectivity index (χ1) is 11.7. The van der Waals surface area contributed by atoms with Crippen molar-refractivity contribution in [2.75, 3.05) is 19.6 Å². The van der Waals surface area contributed by atoms with Gasteiger partial charge >= 0.3 is 0 Å². The lowest BCUT2D eigenvalue weighted by Crippen LogP contribution is -2.38. The van der Waals surface area contributed by atoms with Crippen LogP contribution in [0.3, 0.4) is 0 Å². The Labute approximate surface area is 158 Å². The molecule has 0 aliphatic carbocycles. The number of rotatable bonds is 5. The van der Waals surface area contributed by atoms with Crippen molar-refractivity contribution in [2.45, 2.75) is 26.2 Å². The van der Waals surface area contributed by atoms with E-state index < -0.39 is 0 Å². The molecule has 1 aliphatic rings. The predicted molar refractivity (Wildman–Crippen MR) is 101 cm³/mol. The van der Waals surface area contributed by atoms with Crippen LogP contribution in [0.2, 0.25) is 5.02 Å². The number of hydrogen-bond acceptors (Lipinski definition) is 4. The van der Waals surface area contributed by atoms with Gasteiger partial charge in [0.1, 0.15) is 0 Å². The molecule has 1 aliphatic heterocycles. The molecule has 1 amide bonds. The summed E-state index contributed by atoms with van der Waals surface area (Å²) in [6.45, 7) is 4.68. The molecule has 1 fully saturated rings. The summed E-state index contributed by atoms with van der Waals surface area (Å²) in [5.41, 5.74) is 1.99. The zero-order valence-electron chi connectivity index (χ0n) is 14.2. The quantitative estimate of drug-likeness (QED) is 0.832. The van der Waals surface area contributed by atoms with Gasteiger partial charge in [0.25, 0.3) is 5.91 Å². The van der Waals surface area contributed by atoms with Crippen molar-refractivity contribution in [3.63, 3.8) is 0 Å². The van der Waals surface area contributed by atoms with Gasteiger partial charge in [0, 0.05) is 11.6 Å². The molecule has 136 valence electrons. The van der Waals surface area contributed by atoms with Crippen LogP contribution in [0, 0.1) is 5.92 Å². The summed E-state index contributed by atoms with van der Waals surface area (Å²) < 4.78 is 1.68. The summed E-state index contributed by atoms with van der Waals surface area (Å²) >= 11 is 6.05. The highest BCUT2D eigenvalue weighted by atomic mass is 35.5. The molecule has 1 aromatic heterocycles. The minimum Gasteiger partial charge on any atom is -0.350 e. The maximum atomic E-state index is 12.5. The van der Waals surface area contributed by atoms with Crippen molar-refractivity contribution in [3.8, 4) is 5.69 Å². The number of piperidine rings is 1. The third-order valence-corrected chi connectivity index (χ3v) is 4.55. The molecule has 6 nitrogen and oxygen atoms in total. The Morgan fingerprint density at radius 2 is 2.32 bits per heavy atom. The number of halogens is 2. The maximum absolute atomic E-state index is 12.5. The summed E-state index contributed by atoms with van der Waals surface area (Å²) in [5, 5.41) is 15.2. The van der Waals surface area contributed by atoms with E-state index >= 15 is 0 Å². The molecule has 0 saturated carbocycles. The number of carbonyl (C=O) groups is 1. The van der Waals surface area contributed by atoms with Crippen molar-refractivity contribution in [1.29, 1.82) is 0 Å². The van der Waals surface area contributed by atoms with Gasteiger partial charge in [0.15, 0.2) is 5.69 Å². The molecule has 1 unspecified atom stereocenters. The molecule has 0 radical (unpaired) electrons. The summed E-state index contributed by atoms with van der Waals surface area (Å²) in [7, 11) is 0. The fourth-order valence-corrected chi connectivity index (χ4v) is 3.21. The highest BCUT2D eigenvalue weighted by molar-refractivity contribution is 6.30. The van der Waals surface area contributed by atoms with Crippen LogP contribution in [0.15, 0.2) is 24.3 Å². The van der Waals surface area contributed by atoms with Crippen LogP contribution in [0.25, 0.3) is 5.69 Å². The number of amides is 1. The molecule has 25 heavy (non-hydrogen) atoms. The lowest BCUT2D eigenvalue weighted by Gasteiger charge is -2.22. The van der Waals surface area contributed by atoms with E-state index in [4.69, 9.17) is 11.6 Å². The van der Waals surface area contributed by atoms with E-state index in [1.54, 1.807) is 10.7 Å². The van der Waals surface area contributed by atoms with Crippen LogP contribution in [-0.2, 0) is 6.42 Å². The lowest BCUT2D eigenvalue weighted by atomic mass is 10.00. The van der Waals surface area contributed by atoms with E-state index in [0.717, 1.165) is 37.3 Å². The van der Waals surface area contributed by atoms with Gasteiger partial charge in [-0.25, -0.2) is 4.68 Å². The number of nitrogens with one attached hydrogen (secondary N) is 2. The first kappa shape index (κ1) is 19.7. The second-order valence-electron chi connectivity index (χ2n) is 6.05. The molecule has 8 heteroatoms. The Hall–Kier alpha value is -1.63. The fraction of sp³-hybridized carbons (Fsp3) is 0.471. The second-order valence-corrected chi connectivity index (χ2v) is 6.49. The van der Waals surface area contributed by atoms with Crippen LogP contribution in [-0.4, -0.2) is 40.5 Å². The monoisotopic (exact) mass is 383 g/mol. The average molecular weight is 384 g/mol. The van der Waals surface area contributed by atoms with E-state index in [9.17, 15) is 4.79 Å². The van der Waals surface area contributed by atoms with Gasteiger partial charge in [-0.3, -0.25) is 4.79 Å². The standard InChI is InChI=1S/C17H22ClN5O.ClH/c1-2-15-16(17(24)20-11-12-5-4-8-19-10-12)21-22-23(15)14-7-3-6-13(18)9-14;/h3,6-7,9,12,19H,2,4-5,8,10-11H2,1H3,(H,20,24);1H. The molecule has 2 N–H and O–H groups in total. The second kappa shape index (κ2) is 9.17. The largest absolute Gasteiger partial charge is 0.350 e. The van der Waals surface area contributed by atoms with Crippen molar-refractivity contribution in [3.05, 3.63) is 40.7 Å². The highest BCUT2D eigenvalue weighted by Crippen LogP contribution is 2.18. The number of hydrogen-bond donors (Lipinski definition) is 2. The number of carbonyl (C=O) groups excluding carboxylic acids is 1. The number of nitrogens with zero attached hydrogens (tertiary/aromatic N) is 3. The van der Waals surface area contributed by atoms with Gasteiger partial charge < -0.3 is 10.6 Å². The zero-order chi connectivity index (χ0) is 16.9. The molecule has 0 spiro atoms. The van der Waals surface area contributed by atoms with Gasteiger partial charge in [-0.15, -0.1) is 17.5 Å². The van der Waals surface area contributed by atoms with E-state index in [0.29, 0.717) is 29.6 Å². The van der Waals surface area contributed by atoms with Crippen LogP contribution in [0.5, 0.6) is 0 Å². The van der Waals surface area contributed by atoms with Crippen LogP contribution < -0.4 is 10.6 Å². The molecule has 0 bridgehead atoms. The molecule has 1 saturated heterocycles. The predicted octanol–water partition coefficient (Wildman–Crippen LogP) is 2.63. The van der Waals surface area contributed by atoms with Crippen molar-refractivity contribution < 1.29 is 4.79 Å². The SMILES string of the molecule is CCc1c(C(=O)NCC2CCCNC2)nnn1-c1cccc(Cl)c1.Cl. The third-order valence-electron chi connectivity index (χ3n) is 4.32. The normalized spacial score (nSPS) is 17.0. The highest BCUT2D eigenvalue weighted by Gasteiger charge is 2.21. The van der Waals surface area contributed by atoms with E-state index in [1.165, 1.54) is 0 Å². The minimum absolute atomic E-state index is 0. The molecule has 3 rings (SSSR count). The Morgan fingerprint density at radius 3 is 3.00 bits per heavy atom. The first-order valence-corrected chi connectivity index (χ1v) is 8.76. The molecule has 2 heterocycles. The Kier molecular flexibility index (Phi) is 7.23. The fourth-order valence-electron chi connectivity index (χ4n) is 3.03. The van der Waals surface area contributed by atoms with E-state index in [2.05, 4.69) is 20.9 Å². The summed E-state index contributed by atoms with van der Waals surface area (Å²) in [6, 6.07) is 7.37. The van der Waals surface area contributed by atoms with Crippen molar-refractivity contribution >= 4 is 29.9 Å². The Bertz CT molecular complexity index is 713. The van der Waals surface area contributed by atoms with Gasteiger partial charge in [-0.1, -0.05) is 29.8 Å². The lowest BCUT2D eigenvalue weighted by molar-refractivity contribution is 0.0939. The van der Waals surface area contributed by atoms with Crippen molar-refractivity contribution in [2.24, 2.45) is 5.92 Å². The molecular formula is C17H23Cl2N5O. The van der Waals surface area contributed by atoms with Gasteiger partial charge in [-0.2, -0.15) is 0 Å². The Balaban J connectivity index is 0.00000225. The summed E-state index contributed by atoms with van der Waals surface area (Å²) in [5.74, 6) is 0.321. The Morgan fingerprint density at radius 1 is 1.48 bits per heavy atom. The van der Waals surface area contributed by atoms with Gasteiger partial charge in [0.2, 0.25) is 0 Å². The molecular weight excluding hydrogens is 361 g/mol. The first-order valence-electron chi connectivity index (χ1n) is 8.38. The number of aromatic nitrogens is 3. The van der Waals surface area contributed by atoms with Crippen molar-refractivity contribution in [1.82, 2.24) is 25.6 Å². The average Bonchev–Trinajstić information content (AvgIpc) is 3.04. The smallest absolute Gasteiger partial charge is 0.273 e. The zero-order valence-corrected chi connectivity index (χ0v) is 15.7. The van der Waals surface area contributed by atoms with Gasteiger partial charge in [-0.05, 0) is 56.5 Å². The van der Waals surface area contributed by atoms with Gasteiger partial charge in [0.05, 0.1) is 11.4 Å². The van der Waals surface area contributed by atoms with Crippen LogP contribution >= 0.6 is 24.0 Å². The molecule has 1 aromatic carbocycles. The topological polar surface area (TPSA) is 71.8 Å². The molecule has 2 aromatic rings. The number of benzene rings is 1. The van der Waals surface area contributed by atoms with Crippen LogP contribution in [0.4, 0.5) is 0 Å². The third kappa shape index (κ3) is 4.71. The van der Waals surface area contributed by atoms with E-state index in [1.807, 2.05) is 25.1 Å². The maximum Gasteiger partial charge on any atom is 0.273 e. The molecule has 1 atom stereocenters. The summed E-state index contributed by atoms with van der Waals surface area (Å²) in [6.07, 6.45) is 2.96. The van der Waals surface area contributed by atoms with Crippen LogP contribution in [0.1, 0.15) is 35.9 Å². The summed E-state index contributed by atoms with van der Waals surface area (Å²) in [4.78, 5) is 12.5. The minimum atomic E-state index is -0.161.